The molecule has 0 aliphatic rings. The summed E-state index contributed by atoms with van der Waals surface area (Å²) in [5.41, 5.74) is 1.94. The van der Waals surface area contributed by atoms with Crippen molar-refractivity contribution in [3.8, 4) is 17.9 Å². The number of aromatic nitrogens is 2. The molecule has 1 heterocycles. The van der Waals surface area contributed by atoms with Gasteiger partial charge in [0.25, 0.3) is 0 Å². The molecule has 2 rings (SSSR count). The highest BCUT2D eigenvalue weighted by Gasteiger charge is 2.06. The highest BCUT2D eigenvalue weighted by atomic mass is 16.2. The Balaban J connectivity index is 1.87. The van der Waals surface area contributed by atoms with Crippen LogP contribution < -0.4 is 21.3 Å². The van der Waals surface area contributed by atoms with E-state index in [4.69, 9.17) is 5.26 Å². The molecule has 36 heavy (non-hydrogen) atoms. The first-order valence-corrected chi connectivity index (χ1v) is 11.6. The summed E-state index contributed by atoms with van der Waals surface area (Å²) in [5.74, 6) is 6.46. The number of likely N-dealkylation sites (N-methyl/N-ethyl adjacent to an activating group) is 1. The third kappa shape index (κ3) is 10.7. The lowest BCUT2D eigenvalue weighted by molar-refractivity contribution is -0.121. The molecule has 1 aromatic carbocycles. The number of nitrogens with one attached hydrogen (secondary N) is 4. The number of amides is 2. The summed E-state index contributed by atoms with van der Waals surface area (Å²) in [4.78, 5) is 34.4. The average Bonchev–Trinajstić information content (AvgIpc) is 2.86. The minimum Gasteiger partial charge on any atom is -0.369 e. The molecule has 0 aliphatic heterocycles. The Morgan fingerprint density at radius 3 is 2.61 bits per heavy atom. The van der Waals surface area contributed by atoms with Crippen LogP contribution in [0.1, 0.15) is 30.9 Å². The van der Waals surface area contributed by atoms with Crippen molar-refractivity contribution >= 4 is 29.3 Å². The average molecular weight is 489 g/mol. The Morgan fingerprint density at radius 2 is 1.92 bits per heavy atom. The van der Waals surface area contributed by atoms with Crippen LogP contribution in [0.5, 0.6) is 0 Å². The fourth-order valence-electron chi connectivity index (χ4n) is 2.77. The fraction of sp³-hybridized carbons (Fsp3) is 0.346. The molecule has 188 valence electrons. The molecule has 10 heteroatoms. The van der Waals surface area contributed by atoms with Crippen molar-refractivity contribution in [2.45, 2.75) is 19.8 Å². The van der Waals surface area contributed by atoms with Gasteiger partial charge in [0, 0.05) is 37.8 Å². The summed E-state index contributed by atoms with van der Waals surface area (Å²) in [5, 5.41) is 20.7. The van der Waals surface area contributed by atoms with E-state index >= 15 is 0 Å². The number of nitrogens with zero attached hydrogens (tertiary/aromatic N) is 4. The van der Waals surface area contributed by atoms with Gasteiger partial charge in [-0.25, -0.2) is 4.98 Å². The lowest BCUT2D eigenvalue weighted by Gasteiger charge is -2.10. The van der Waals surface area contributed by atoms with Crippen molar-refractivity contribution in [3.05, 3.63) is 53.7 Å². The molecule has 0 atom stereocenters. The lowest BCUT2D eigenvalue weighted by atomic mass is 10.2. The van der Waals surface area contributed by atoms with Gasteiger partial charge in [-0.15, -0.1) is 0 Å². The molecule has 0 saturated carbocycles. The normalized spacial score (nSPS) is 10.3. The van der Waals surface area contributed by atoms with E-state index in [1.54, 1.807) is 36.5 Å². The summed E-state index contributed by atoms with van der Waals surface area (Å²) in [6.07, 6.45) is 5.91. The number of anilines is 3. The van der Waals surface area contributed by atoms with Crippen LogP contribution in [0.25, 0.3) is 0 Å². The molecule has 0 aliphatic carbocycles. The fourth-order valence-corrected chi connectivity index (χ4v) is 2.77. The predicted octanol–water partition coefficient (Wildman–Crippen LogP) is 2.01. The van der Waals surface area contributed by atoms with E-state index in [2.05, 4.69) is 49.1 Å². The van der Waals surface area contributed by atoms with E-state index < -0.39 is 0 Å². The third-order valence-electron chi connectivity index (χ3n) is 4.59. The molecule has 0 fully saturated rings. The van der Waals surface area contributed by atoms with Crippen molar-refractivity contribution in [3.63, 3.8) is 0 Å². The molecule has 2 aromatic rings. The van der Waals surface area contributed by atoms with Crippen LogP contribution in [-0.2, 0) is 9.59 Å². The maximum absolute atomic E-state index is 12.0. The number of carbonyl (C=O) groups is 2. The summed E-state index contributed by atoms with van der Waals surface area (Å²) >= 11 is 0. The summed E-state index contributed by atoms with van der Waals surface area (Å²) in [6, 6.07) is 9.07. The zero-order chi connectivity index (χ0) is 26.2. The molecular weight excluding hydrogens is 456 g/mol. The number of rotatable bonds is 12. The summed E-state index contributed by atoms with van der Waals surface area (Å²) in [6.45, 7) is 3.84. The number of carbonyl (C=O) groups excluding carboxylic acids is 2. The second-order valence-electron chi connectivity index (χ2n) is 7.98. The van der Waals surface area contributed by atoms with Gasteiger partial charge in [0.15, 0.2) is 0 Å². The highest BCUT2D eigenvalue weighted by Crippen LogP contribution is 2.17. The zero-order valence-electron chi connectivity index (χ0n) is 20.9. The molecule has 0 spiro atoms. The first kappa shape index (κ1) is 27.8. The first-order chi connectivity index (χ1) is 17.4. The van der Waals surface area contributed by atoms with Gasteiger partial charge in [0.2, 0.25) is 17.8 Å². The molecule has 1 aromatic heterocycles. The monoisotopic (exact) mass is 488 g/mol. The van der Waals surface area contributed by atoms with Crippen LogP contribution in [0.15, 0.2) is 42.6 Å². The van der Waals surface area contributed by atoms with E-state index in [1.165, 1.54) is 6.08 Å². The second kappa shape index (κ2) is 15.5. The van der Waals surface area contributed by atoms with E-state index in [9.17, 15) is 9.59 Å². The molecule has 0 radical (unpaired) electrons. The molecule has 0 bridgehead atoms. The number of nitriles is 1. The summed E-state index contributed by atoms with van der Waals surface area (Å²) < 4.78 is 0. The van der Waals surface area contributed by atoms with E-state index in [-0.39, 0.29) is 31.3 Å². The lowest BCUT2D eigenvalue weighted by Crippen LogP contribution is -2.30. The van der Waals surface area contributed by atoms with Crippen LogP contribution in [0.2, 0.25) is 0 Å². The van der Waals surface area contributed by atoms with Gasteiger partial charge < -0.3 is 26.2 Å². The molecule has 4 N–H and O–H groups in total. The van der Waals surface area contributed by atoms with Crippen LogP contribution in [-0.4, -0.2) is 67.0 Å². The smallest absolute Gasteiger partial charge is 0.243 e. The maximum atomic E-state index is 12.0. The Hall–Kier alpha value is -4.41. The van der Waals surface area contributed by atoms with Crippen molar-refractivity contribution in [2.24, 2.45) is 0 Å². The Morgan fingerprint density at radius 1 is 1.14 bits per heavy atom. The molecule has 0 saturated heterocycles. The predicted molar refractivity (Wildman–Crippen MR) is 140 cm³/mol. The second-order valence-corrected chi connectivity index (χ2v) is 7.98. The topological polar surface area (TPSA) is 135 Å². The maximum Gasteiger partial charge on any atom is 0.243 e. The van der Waals surface area contributed by atoms with Crippen molar-refractivity contribution in [2.75, 3.05) is 50.9 Å². The molecular formula is C26H32N8O2. The number of hydrogen-bond donors (Lipinski definition) is 4. The van der Waals surface area contributed by atoms with Gasteiger partial charge in [-0.1, -0.05) is 24.8 Å². The quantitative estimate of drug-likeness (QED) is 0.263. The van der Waals surface area contributed by atoms with E-state index in [0.717, 1.165) is 18.7 Å². The molecule has 10 nitrogen and oxygen atoms in total. The van der Waals surface area contributed by atoms with E-state index in [1.807, 2.05) is 25.9 Å². The zero-order valence-corrected chi connectivity index (χ0v) is 20.9. The van der Waals surface area contributed by atoms with Gasteiger partial charge in [-0.3, -0.25) is 9.59 Å². The van der Waals surface area contributed by atoms with Gasteiger partial charge in [0.1, 0.15) is 5.82 Å². The molecule has 0 unspecified atom stereocenters. The first-order valence-electron chi connectivity index (χ1n) is 11.6. The van der Waals surface area contributed by atoms with Gasteiger partial charge >= 0.3 is 0 Å². The van der Waals surface area contributed by atoms with Crippen molar-refractivity contribution < 1.29 is 9.59 Å². The standard InChI is InChI=1S/C26H32N8O2/c1-4-14-30-25-21(19-31-26(33-25)32-22-11-9-20(18-27)10-12-22)7-5-15-28-24(36)13-16-29-23(35)8-6-17-34(2)3/h6,8-12,19H,4,13-17H2,1-3H3,(H,28,36)(H,29,35)(H2,30,31,32,33). The van der Waals surface area contributed by atoms with Crippen molar-refractivity contribution in [1.82, 2.24) is 25.5 Å². The van der Waals surface area contributed by atoms with E-state index in [0.29, 0.717) is 29.4 Å². The highest BCUT2D eigenvalue weighted by molar-refractivity contribution is 5.88. The van der Waals surface area contributed by atoms with Gasteiger partial charge in [0.05, 0.1) is 29.9 Å². The van der Waals surface area contributed by atoms with Crippen LogP contribution in [0, 0.1) is 23.2 Å². The SMILES string of the molecule is CCCNc1nc(Nc2ccc(C#N)cc2)ncc1C#CCNC(=O)CCNC(=O)C=CCN(C)C. The minimum atomic E-state index is -0.228. The summed E-state index contributed by atoms with van der Waals surface area (Å²) in [7, 11) is 3.83. The number of benzene rings is 1. The number of hydrogen-bond acceptors (Lipinski definition) is 8. The van der Waals surface area contributed by atoms with Crippen LogP contribution in [0.4, 0.5) is 17.5 Å². The van der Waals surface area contributed by atoms with Gasteiger partial charge in [-0.2, -0.15) is 10.2 Å². The molecule has 2 amide bonds. The largest absolute Gasteiger partial charge is 0.369 e. The van der Waals surface area contributed by atoms with Crippen molar-refractivity contribution in [1.29, 1.82) is 5.26 Å². The third-order valence-corrected chi connectivity index (χ3v) is 4.59. The minimum absolute atomic E-state index is 0.161. The van der Waals surface area contributed by atoms with Gasteiger partial charge in [-0.05, 0) is 44.8 Å². The Bertz CT molecular complexity index is 1140. The van der Waals surface area contributed by atoms with Crippen LogP contribution >= 0.6 is 0 Å². The Labute approximate surface area is 212 Å². The Kier molecular flexibility index (Phi) is 12.0. The van der Waals surface area contributed by atoms with Crippen LogP contribution in [0.3, 0.4) is 0 Å².